The SMILES string of the molecule is Cc1ccc(CNCCOc2ccc(C(N)=NO)cc2)s1. The van der Waals surface area contributed by atoms with Gasteiger partial charge < -0.3 is 21.0 Å². The minimum absolute atomic E-state index is 0.0921. The summed E-state index contributed by atoms with van der Waals surface area (Å²) in [5.74, 6) is 0.854. The molecule has 1 aromatic carbocycles. The Bertz CT molecular complexity index is 593. The van der Waals surface area contributed by atoms with Crippen LogP contribution < -0.4 is 15.8 Å². The molecule has 6 heteroatoms. The van der Waals surface area contributed by atoms with E-state index in [2.05, 4.69) is 29.5 Å². The Kier molecular flexibility index (Phi) is 5.59. The molecule has 2 rings (SSSR count). The molecule has 0 amide bonds. The molecular formula is C15H19N3O2S. The average molecular weight is 305 g/mol. The first kappa shape index (κ1) is 15.3. The van der Waals surface area contributed by atoms with E-state index in [1.807, 2.05) is 0 Å². The predicted molar refractivity (Wildman–Crippen MR) is 85.2 cm³/mol. The molecule has 0 saturated heterocycles. The Hall–Kier alpha value is -2.05. The van der Waals surface area contributed by atoms with E-state index in [0.717, 1.165) is 18.8 Å². The summed E-state index contributed by atoms with van der Waals surface area (Å²) in [7, 11) is 0. The molecule has 0 unspecified atom stereocenters. The molecule has 112 valence electrons. The van der Waals surface area contributed by atoms with Crippen molar-refractivity contribution in [1.29, 1.82) is 0 Å². The summed E-state index contributed by atoms with van der Waals surface area (Å²) in [5.41, 5.74) is 6.15. The zero-order valence-electron chi connectivity index (χ0n) is 11.9. The van der Waals surface area contributed by atoms with Crippen molar-refractivity contribution in [1.82, 2.24) is 5.32 Å². The van der Waals surface area contributed by atoms with Gasteiger partial charge in [-0.05, 0) is 43.3 Å². The van der Waals surface area contributed by atoms with Crippen molar-refractivity contribution in [2.24, 2.45) is 10.9 Å². The number of aryl methyl sites for hydroxylation is 1. The molecule has 0 spiro atoms. The van der Waals surface area contributed by atoms with Crippen LogP contribution in [-0.2, 0) is 6.54 Å². The van der Waals surface area contributed by atoms with Crippen molar-refractivity contribution >= 4 is 17.2 Å². The topological polar surface area (TPSA) is 79.9 Å². The van der Waals surface area contributed by atoms with Crippen molar-refractivity contribution < 1.29 is 9.94 Å². The largest absolute Gasteiger partial charge is 0.492 e. The van der Waals surface area contributed by atoms with Gasteiger partial charge in [-0.15, -0.1) is 11.3 Å². The molecule has 21 heavy (non-hydrogen) atoms. The molecule has 1 aromatic heterocycles. The lowest BCUT2D eigenvalue weighted by atomic mass is 10.2. The normalized spacial score (nSPS) is 11.6. The number of ether oxygens (including phenoxy) is 1. The first-order valence-corrected chi connectivity index (χ1v) is 7.47. The molecule has 0 aliphatic carbocycles. The molecule has 0 bridgehead atoms. The third-order valence-electron chi connectivity index (χ3n) is 2.90. The fourth-order valence-electron chi connectivity index (χ4n) is 1.81. The van der Waals surface area contributed by atoms with E-state index in [1.54, 1.807) is 35.6 Å². The second kappa shape index (κ2) is 7.66. The maximum Gasteiger partial charge on any atom is 0.170 e. The Balaban J connectivity index is 1.69. The highest BCUT2D eigenvalue weighted by Crippen LogP contribution is 2.14. The lowest BCUT2D eigenvalue weighted by Crippen LogP contribution is -2.20. The van der Waals surface area contributed by atoms with Gasteiger partial charge in [0.2, 0.25) is 0 Å². The van der Waals surface area contributed by atoms with E-state index in [4.69, 9.17) is 15.7 Å². The van der Waals surface area contributed by atoms with Crippen LogP contribution in [0.4, 0.5) is 0 Å². The average Bonchev–Trinajstić information content (AvgIpc) is 2.92. The van der Waals surface area contributed by atoms with Crippen molar-refractivity contribution in [2.75, 3.05) is 13.2 Å². The van der Waals surface area contributed by atoms with Crippen molar-refractivity contribution in [3.63, 3.8) is 0 Å². The van der Waals surface area contributed by atoms with Gasteiger partial charge in [0, 0.05) is 28.4 Å². The second-order valence-corrected chi connectivity index (χ2v) is 5.92. The highest BCUT2D eigenvalue weighted by Gasteiger charge is 2.00. The summed E-state index contributed by atoms with van der Waals surface area (Å²) in [5, 5.41) is 14.9. The number of rotatable bonds is 7. The van der Waals surface area contributed by atoms with Gasteiger partial charge in [-0.2, -0.15) is 0 Å². The molecule has 0 saturated carbocycles. The number of amidine groups is 1. The third kappa shape index (κ3) is 4.77. The van der Waals surface area contributed by atoms with Crippen LogP contribution in [0, 0.1) is 6.92 Å². The van der Waals surface area contributed by atoms with E-state index in [-0.39, 0.29) is 5.84 Å². The summed E-state index contributed by atoms with van der Waals surface area (Å²) in [6.45, 7) is 4.34. The monoisotopic (exact) mass is 305 g/mol. The maximum atomic E-state index is 8.58. The van der Waals surface area contributed by atoms with Gasteiger partial charge in [0.05, 0.1) is 0 Å². The zero-order chi connectivity index (χ0) is 15.1. The van der Waals surface area contributed by atoms with Crippen LogP contribution in [0.2, 0.25) is 0 Å². The molecule has 5 nitrogen and oxygen atoms in total. The number of oxime groups is 1. The number of nitrogens with zero attached hydrogens (tertiary/aromatic N) is 1. The minimum atomic E-state index is 0.0921. The van der Waals surface area contributed by atoms with E-state index in [1.165, 1.54) is 9.75 Å². The van der Waals surface area contributed by atoms with Gasteiger partial charge in [-0.3, -0.25) is 0 Å². The summed E-state index contributed by atoms with van der Waals surface area (Å²) in [4.78, 5) is 2.66. The summed E-state index contributed by atoms with van der Waals surface area (Å²) >= 11 is 1.80. The fourth-order valence-corrected chi connectivity index (χ4v) is 2.67. The number of hydrogen-bond donors (Lipinski definition) is 3. The molecular weight excluding hydrogens is 286 g/mol. The number of hydrogen-bond acceptors (Lipinski definition) is 5. The molecule has 0 atom stereocenters. The Morgan fingerprint density at radius 2 is 2.05 bits per heavy atom. The number of nitrogens with one attached hydrogen (secondary N) is 1. The summed E-state index contributed by atoms with van der Waals surface area (Å²) in [6, 6.07) is 11.4. The van der Waals surface area contributed by atoms with Gasteiger partial charge >= 0.3 is 0 Å². The minimum Gasteiger partial charge on any atom is -0.492 e. The molecule has 2 aromatic rings. The van der Waals surface area contributed by atoms with Crippen LogP contribution in [0.1, 0.15) is 15.3 Å². The molecule has 0 radical (unpaired) electrons. The highest BCUT2D eigenvalue weighted by atomic mass is 32.1. The van der Waals surface area contributed by atoms with Crippen LogP contribution in [0.15, 0.2) is 41.6 Å². The van der Waals surface area contributed by atoms with E-state index >= 15 is 0 Å². The van der Waals surface area contributed by atoms with Crippen molar-refractivity contribution in [3.8, 4) is 5.75 Å². The predicted octanol–water partition coefficient (Wildman–Crippen LogP) is 2.32. The number of benzene rings is 1. The quantitative estimate of drug-likeness (QED) is 0.241. The van der Waals surface area contributed by atoms with E-state index in [0.29, 0.717) is 12.2 Å². The maximum absolute atomic E-state index is 8.58. The van der Waals surface area contributed by atoms with Crippen LogP contribution in [0.3, 0.4) is 0 Å². The zero-order valence-corrected chi connectivity index (χ0v) is 12.7. The van der Waals surface area contributed by atoms with Gasteiger partial charge in [0.15, 0.2) is 5.84 Å². The summed E-state index contributed by atoms with van der Waals surface area (Å²) < 4.78 is 5.62. The molecule has 0 aliphatic rings. The Morgan fingerprint density at radius 1 is 1.29 bits per heavy atom. The Labute approximate surface area is 128 Å². The number of thiophene rings is 1. The summed E-state index contributed by atoms with van der Waals surface area (Å²) in [6.07, 6.45) is 0. The molecule has 0 aliphatic heterocycles. The van der Waals surface area contributed by atoms with Gasteiger partial charge in [-0.25, -0.2) is 0 Å². The van der Waals surface area contributed by atoms with Crippen LogP contribution in [0.25, 0.3) is 0 Å². The Morgan fingerprint density at radius 3 is 2.67 bits per heavy atom. The lowest BCUT2D eigenvalue weighted by molar-refractivity contribution is 0.313. The fraction of sp³-hybridized carbons (Fsp3) is 0.267. The molecule has 1 heterocycles. The lowest BCUT2D eigenvalue weighted by Gasteiger charge is -2.07. The third-order valence-corrected chi connectivity index (χ3v) is 3.90. The van der Waals surface area contributed by atoms with Crippen molar-refractivity contribution in [2.45, 2.75) is 13.5 Å². The smallest absolute Gasteiger partial charge is 0.170 e. The second-order valence-electron chi connectivity index (χ2n) is 4.55. The van der Waals surface area contributed by atoms with Crippen LogP contribution >= 0.6 is 11.3 Å². The van der Waals surface area contributed by atoms with Crippen LogP contribution in [0.5, 0.6) is 5.75 Å². The first-order chi connectivity index (χ1) is 10.2. The van der Waals surface area contributed by atoms with E-state index in [9.17, 15) is 0 Å². The number of nitrogens with two attached hydrogens (primary N) is 1. The van der Waals surface area contributed by atoms with Gasteiger partial charge in [0.25, 0.3) is 0 Å². The molecule has 4 N–H and O–H groups in total. The highest BCUT2D eigenvalue weighted by molar-refractivity contribution is 7.11. The van der Waals surface area contributed by atoms with Gasteiger partial charge in [-0.1, -0.05) is 5.16 Å². The van der Waals surface area contributed by atoms with Crippen LogP contribution in [-0.4, -0.2) is 24.2 Å². The van der Waals surface area contributed by atoms with Gasteiger partial charge in [0.1, 0.15) is 12.4 Å². The standard InChI is InChI=1S/C15H19N3O2S/c1-11-2-7-14(21-11)10-17-8-9-20-13-5-3-12(4-6-13)15(16)18-19/h2-7,17,19H,8-10H2,1H3,(H2,16,18). The van der Waals surface area contributed by atoms with E-state index < -0.39 is 0 Å². The van der Waals surface area contributed by atoms with Crippen molar-refractivity contribution in [3.05, 3.63) is 51.7 Å². The molecule has 0 fully saturated rings. The first-order valence-electron chi connectivity index (χ1n) is 6.66.